The minimum atomic E-state index is -0.455. The van der Waals surface area contributed by atoms with E-state index in [2.05, 4.69) is 16.0 Å². The van der Waals surface area contributed by atoms with Crippen LogP contribution in [0, 0.1) is 0 Å². The second-order valence-corrected chi connectivity index (χ2v) is 6.31. The fraction of sp³-hybridized carbons (Fsp3) is 0.300. The molecule has 7 nitrogen and oxygen atoms in total. The van der Waals surface area contributed by atoms with Gasteiger partial charge in [-0.25, -0.2) is 4.79 Å². The minimum absolute atomic E-state index is 0.103. The van der Waals surface area contributed by atoms with Gasteiger partial charge in [0, 0.05) is 36.4 Å². The zero-order chi connectivity index (χ0) is 19.6. The molecule has 7 heteroatoms. The van der Waals surface area contributed by atoms with Gasteiger partial charge < -0.3 is 26.4 Å². The third kappa shape index (κ3) is 7.27. The van der Waals surface area contributed by atoms with Gasteiger partial charge in [-0.15, -0.1) is 0 Å². The molecule has 0 radical (unpaired) electrons. The Morgan fingerprint density at radius 1 is 1.07 bits per heavy atom. The fourth-order valence-corrected chi connectivity index (χ4v) is 2.40. The third-order valence-electron chi connectivity index (χ3n) is 3.60. The molecule has 2 rings (SSSR count). The van der Waals surface area contributed by atoms with Gasteiger partial charge in [-0.05, 0) is 38.1 Å². The highest BCUT2D eigenvalue weighted by atomic mass is 16.5. The van der Waals surface area contributed by atoms with Crippen molar-refractivity contribution in [3.63, 3.8) is 0 Å². The number of hydrogen-bond donors (Lipinski definition) is 4. The smallest absolute Gasteiger partial charge is 0.319 e. The minimum Gasteiger partial charge on any atom is -0.491 e. The highest BCUT2D eigenvalue weighted by Gasteiger charge is 2.06. The third-order valence-corrected chi connectivity index (χ3v) is 3.60. The molecule has 0 saturated heterocycles. The summed E-state index contributed by atoms with van der Waals surface area (Å²) in [6.07, 6.45) is 0.208. The topological polar surface area (TPSA) is 105 Å². The van der Waals surface area contributed by atoms with Crippen molar-refractivity contribution < 1.29 is 14.3 Å². The molecule has 5 N–H and O–H groups in total. The normalized spacial score (nSPS) is 10.3. The number of rotatable bonds is 9. The zero-order valence-corrected chi connectivity index (χ0v) is 15.6. The summed E-state index contributed by atoms with van der Waals surface area (Å²) >= 11 is 0. The number of nitrogens with two attached hydrogens (primary N) is 1. The van der Waals surface area contributed by atoms with E-state index in [-0.39, 0.29) is 25.1 Å². The van der Waals surface area contributed by atoms with Crippen molar-refractivity contribution in [2.45, 2.75) is 32.9 Å². The molecule has 27 heavy (non-hydrogen) atoms. The summed E-state index contributed by atoms with van der Waals surface area (Å²) < 4.78 is 5.83. The van der Waals surface area contributed by atoms with E-state index in [0.29, 0.717) is 12.2 Å². The van der Waals surface area contributed by atoms with Crippen LogP contribution in [0.15, 0.2) is 48.5 Å². The van der Waals surface area contributed by atoms with Crippen LogP contribution in [0.25, 0.3) is 0 Å². The second kappa shape index (κ2) is 10.1. The van der Waals surface area contributed by atoms with Gasteiger partial charge in [-0.3, -0.25) is 4.79 Å². The Labute approximate surface area is 159 Å². The highest BCUT2D eigenvalue weighted by molar-refractivity contribution is 5.90. The summed E-state index contributed by atoms with van der Waals surface area (Å²) in [5, 5.41) is 8.64. The van der Waals surface area contributed by atoms with E-state index in [9.17, 15) is 9.59 Å². The summed E-state index contributed by atoms with van der Waals surface area (Å²) in [4.78, 5) is 22.5. The first kappa shape index (κ1) is 20.1. The van der Waals surface area contributed by atoms with Crippen molar-refractivity contribution in [3.05, 3.63) is 54.1 Å². The first-order valence-electron chi connectivity index (χ1n) is 8.85. The molecule has 0 aliphatic carbocycles. The predicted molar refractivity (Wildman–Crippen MR) is 107 cm³/mol. The van der Waals surface area contributed by atoms with Crippen LogP contribution in [-0.2, 0) is 11.3 Å². The van der Waals surface area contributed by atoms with Crippen LogP contribution >= 0.6 is 0 Å². The number of amides is 3. The molecule has 0 spiro atoms. The van der Waals surface area contributed by atoms with Crippen LogP contribution in [0.5, 0.6) is 5.75 Å². The molecule has 0 heterocycles. The molecule has 0 aliphatic rings. The zero-order valence-electron chi connectivity index (χ0n) is 15.6. The Balaban J connectivity index is 1.92. The van der Waals surface area contributed by atoms with Gasteiger partial charge in [0.15, 0.2) is 0 Å². The summed E-state index contributed by atoms with van der Waals surface area (Å²) in [5.74, 6) is 0.395. The van der Waals surface area contributed by atoms with Crippen LogP contribution < -0.4 is 26.4 Å². The van der Waals surface area contributed by atoms with Crippen LogP contribution in [0.2, 0.25) is 0 Å². The maximum Gasteiger partial charge on any atom is 0.319 e. The average molecular weight is 370 g/mol. The number of benzene rings is 2. The molecule has 0 fully saturated rings. The Morgan fingerprint density at radius 2 is 1.81 bits per heavy atom. The quantitative estimate of drug-likeness (QED) is 0.544. The van der Waals surface area contributed by atoms with E-state index < -0.39 is 5.91 Å². The van der Waals surface area contributed by atoms with Crippen LogP contribution in [0.1, 0.15) is 25.8 Å². The molecule has 0 unspecified atom stereocenters. The molecule has 144 valence electrons. The number of para-hydroxylation sites is 1. The van der Waals surface area contributed by atoms with Gasteiger partial charge in [-0.1, -0.05) is 24.3 Å². The standard InChI is InChI=1S/C20H26N4O3/c1-14(2)27-18-9-4-3-6-15(18)13-23-16-7-5-8-17(12-16)24-20(26)22-11-10-19(21)25/h3-9,12,14,23H,10-11,13H2,1-2H3,(H2,21,25)(H2,22,24,26). The number of hydrogen-bond acceptors (Lipinski definition) is 4. The monoisotopic (exact) mass is 370 g/mol. The highest BCUT2D eigenvalue weighted by Crippen LogP contribution is 2.22. The first-order chi connectivity index (χ1) is 12.9. The molecule has 2 aromatic rings. The van der Waals surface area contributed by atoms with Crippen molar-refractivity contribution in [2.24, 2.45) is 5.73 Å². The molecule has 0 atom stereocenters. The molecule has 3 amide bonds. The lowest BCUT2D eigenvalue weighted by molar-refractivity contribution is -0.117. The van der Waals surface area contributed by atoms with Gasteiger partial charge in [0.1, 0.15) is 5.75 Å². The molecule has 2 aromatic carbocycles. The Bertz CT molecular complexity index is 777. The number of anilines is 2. The largest absolute Gasteiger partial charge is 0.491 e. The van der Waals surface area contributed by atoms with E-state index in [4.69, 9.17) is 10.5 Å². The van der Waals surface area contributed by atoms with Crippen molar-refractivity contribution in [3.8, 4) is 5.75 Å². The second-order valence-electron chi connectivity index (χ2n) is 6.31. The van der Waals surface area contributed by atoms with E-state index in [1.54, 1.807) is 6.07 Å². The van der Waals surface area contributed by atoms with Gasteiger partial charge in [0.2, 0.25) is 5.91 Å². The molecule has 0 saturated carbocycles. The summed E-state index contributed by atoms with van der Waals surface area (Å²) in [6, 6.07) is 14.9. The maximum atomic E-state index is 11.8. The summed E-state index contributed by atoms with van der Waals surface area (Å²) in [6.45, 7) is 4.78. The number of carbonyl (C=O) groups is 2. The van der Waals surface area contributed by atoms with Gasteiger partial charge in [0.05, 0.1) is 6.10 Å². The van der Waals surface area contributed by atoms with Gasteiger partial charge in [0.25, 0.3) is 0 Å². The molecular formula is C20H26N4O3. The van der Waals surface area contributed by atoms with Crippen molar-refractivity contribution in [1.82, 2.24) is 5.32 Å². The van der Waals surface area contributed by atoms with E-state index in [1.165, 1.54) is 0 Å². The van der Waals surface area contributed by atoms with Crippen LogP contribution in [0.4, 0.5) is 16.2 Å². The Morgan fingerprint density at radius 3 is 2.56 bits per heavy atom. The predicted octanol–water partition coefficient (Wildman–Crippen LogP) is 3.08. The molecule has 0 aromatic heterocycles. The lowest BCUT2D eigenvalue weighted by Crippen LogP contribution is -2.31. The number of ether oxygens (including phenoxy) is 1. The molecule has 0 bridgehead atoms. The number of nitrogens with one attached hydrogen (secondary N) is 3. The Hall–Kier alpha value is -3.22. The number of primary amides is 1. The van der Waals surface area contributed by atoms with E-state index in [0.717, 1.165) is 17.0 Å². The first-order valence-corrected chi connectivity index (χ1v) is 8.85. The number of urea groups is 1. The van der Waals surface area contributed by atoms with E-state index in [1.807, 2.05) is 56.3 Å². The fourth-order valence-electron chi connectivity index (χ4n) is 2.40. The summed E-state index contributed by atoms with van der Waals surface area (Å²) in [7, 11) is 0. The van der Waals surface area contributed by atoms with Crippen molar-refractivity contribution in [1.29, 1.82) is 0 Å². The lowest BCUT2D eigenvalue weighted by atomic mass is 10.2. The molecular weight excluding hydrogens is 344 g/mol. The maximum absolute atomic E-state index is 11.8. The van der Waals surface area contributed by atoms with Crippen LogP contribution in [-0.4, -0.2) is 24.6 Å². The van der Waals surface area contributed by atoms with Gasteiger partial charge >= 0.3 is 6.03 Å². The summed E-state index contributed by atoms with van der Waals surface area (Å²) in [5.41, 5.74) is 7.60. The number of carbonyl (C=O) groups excluding carboxylic acids is 2. The molecule has 0 aliphatic heterocycles. The van der Waals surface area contributed by atoms with Gasteiger partial charge in [-0.2, -0.15) is 0 Å². The Kier molecular flexibility index (Phi) is 7.49. The SMILES string of the molecule is CC(C)Oc1ccccc1CNc1cccc(NC(=O)NCCC(N)=O)c1. The van der Waals surface area contributed by atoms with Crippen molar-refractivity contribution >= 4 is 23.3 Å². The average Bonchev–Trinajstić information content (AvgIpc) is 2.60. The van der Waals surface area contributed by atoms with Crippen molar-refractivity contribution in [2.75, 3.05) is 17.2 Å². The van der Waals surface area contributed by atoms with E-state index >= 15 is 0 Å². The lowest BCUT2D eigenvalue weighted by Gasteiger charge is -2.15. The van der Waals surface area contributed by atoms with Crippen LogP contribution in [0.3, 0.4) is 0 Å².